The van der Waals surface area contributed by atoms with Crippen LogP contribution in [0.4, 0.5) is 10.1 Å². The number of aryl methyl sites for hydroxylation is 1. The van der Waals surface area contributed by atoms with E-state index in [1.807, 2.05) is 13.8 Å². The molecule has 1 aliphatic heterocycles. The maximum atomic E-state index is 13.5. The molecule has 2 aromatic heterocycles. The first-order chi connectivity index (χ1) is 15.0. The second-order valence-electron chi connectivity index (χ2n) is 7.65. The molecule has 2 atom stereocenters. The molecule has 1 amide bonds. The Morgan fingerprint density at radius 1 is 1.32 bits per heavy atom. The summed E-state index contributed by atoms with van der Waals surface area (Å²) in [5.74, 6) is -0.155. The minimum absolute atomic E-state index is 0.0193. The number of aromatic nitrogens is 2. The number of nitrogens with one attached hydrogen (secondary N) is 2. The number of rotatable bonds is 5. The van der Waals surface area contributed by atoms with E-state index in [9.17, 15) is 9.18 Å². The number of halogens is 1. The smallest absolute Gasteiger partial charge is 0.274 e. The number of oxazole rings is 1. The van der Waals surface area contributed by atoms with Crippen molar-refractivity contribution in [1.29, 1.82) is 5.41 Å². The van der Waals surface area contributed by atoms with Crippen molar-refractivity contribution in [3.05, 3.63) is 53.4 Å². The van der Waals surface area contributed by atoms with E-state index in [0.717, 1.165) is 19.1 Å². The number of carbonyl (C=O) groups excluding carboxylic acids is 1. The molecule has 8 nitrogen and oxygen atoms in total. The van der Waals surface area contributed by atoms with Crippen molar-refractivity contribution in [1.82, 2.24) is 14.9 Å². The van der Waals surface area contributed by atoms with Gasteiger partial charge in [-0.05, 0) is 51.0 Å². The lowest BCUT2D eigenvalue weighted by molar-refractivity contribution is 0.0592. The number of pyridine rings is 1. The quantitative estimate of drug-likeness (QED) is 0.475. The van der Waals surface area contributed by atoms with Gasteiger partial charge in [0.25, 0.3) is 5.91 Å². The predicted molar refractivity (Wildman–Crippen MR) is 116 cm³/mol. The Kier molecular flexibility index (Phi) is 5.75. The van der Waals surface area contributed by atoms with Gasteiger partial charge in [0.1, 0.15) is 11.3 Å². The lowest BCUT2D eigenvalue weighted by Gasteiger charge is -2.37. The van der Waals surface area contributed by atoms with Crippen LogP contribution in [0.3, 0.4) is 0 Å². The fourth-order valence-electron chi connectivity index (χ4n) is 3.77. The monoisotopic (exact) mass is 422 g/mol. The molecular weight excluding hydrogens is 399 g/mol. The molecule has 0 aliphatic carbocycles. The van der Waals surface area contributed by atoms with E-state index in [-0.39, 0.29) is 29.4 Å². The number of hydrogen-bond acceptors (Lipinski definition) is 7. The number of hydrogen-bond donors (Lipinski definition) is 2. The van der Waals surface area contributed by atoms with Crippen molar-refractivity contribution in [2.45, 2.75) is 38.6 Å². The second-order valence-corrected chi connectivity index (χ2v) is 7.65. The van der Waals surface area contributed by atoms with Gasteiger partial charge in [-0.1, -0.05) is 0 Å². The van der Waals surface area contributed by atoms with Crippen molar-refractivity contribution < 1.29 is 13.6 Å². The molecule has 0 spiro atoms. The Labute approximate surface area is 178 Å². The highest BCUT2D eigenvalue weighted by atomic mass is 19.1. The summed E-state index contributed by atoms with van der Waals surface area (Å²) in [6, 6.07) is 7.82. The summed E-state index contributed by atoms with van der Waals surface area (Å²) in [5.41, 5.74) is 5.25. The zero-order valence-corrected chi connectivity index (χ0v) is 17.3. The number of piperidine rings is 1. The largest absolute Gasteiger partial charge is 0.440 e. The van der Waals surface area contributed by atoms with Crippen LogP contribution in [-0.2, 0) is 0 Å². The van der Waals surface area contributed by atoms with Crippen LogP contribution in [0, 0.1) is 18.2 Å². The van der Waals surface area contributed by atoms with Crippen LogP contribution in [0.25, 0.3) is 11.1 Å². The summed E-state index contributed by atoms with van der Waals surface area (Å²) >= 11 is 0. The number of hydrazone groups is 1. The van der Waals surface area contributed by atoms with Crippen LogP contribution in [0.2, 0.25) is 0 Å². The van der Waals surface area contributed by atoms with Gasteiger partial charge in [0.15, 0.2) is 17.2 Å². The van der Waals surface area contributed by atoms with E-state index in [1.54, 1.807) is 23.1 Å². The number of likely N-dealkylation sites (tertiary alicyclic amines) is 1. The molecular formula is C22H23FN6O2. The number of carbonyl (C=O) groups is 1. The SMILES string of the molecule is Cc1ccc(N/N=C\C=N)c(C(=O)N2C[C@H](c3nc4cc(F)ccc4o3)CC[C@H]2C)n1. The molecule has 0 bridgehead atoms. The summed E-state index contributed by atoms with van der Waals surface area (Å²) in [5, 5.41) is 10.9. The third kappa shape index (κ3) is 4.30. The summed E-state index contributed by atoms with van der Waals surface area (Å²) in [4.78, 5) is 24.1. The molecule has 1 saturated heterocycles. The van der Waals surface area contributed by atoms with Crippen molar-refractivity contribution in [2.24, 2.45) is 5.10 Å². The lowest BCUT2D eigenvalue weighted by atomic mass is 9.93. The molecule has 3 heterocycles. The molecule has 3 aromatic rings. The van der Waals surface area contributed by atoms with E-state index in [2.05, 4.69) is 20.5 Å². The number of fused-ring (bicyclic) bond motifs is 1. The minimum Gasteiger partial charge on any atom is -0.440 e. The van der Waals surface area contributed by atoms with Crippen LogP contribution in [0.15, 0.2) is 39.9 Å². The molecule has 1 fully saturated rings. The van der Waals surface area contributed by atoms with Gasteiger partial charge in [0.2, 0.25) is 0 Å². The predicted octanol–water partition coefficient (Wildman–Crippen LogP) is 4.13. The van der Waals surface area contributed by atoms with Gasteiger partial charge in [-0.3, -0.25) is 10.2 Å². The fraction of sp³-hybridized carbons (Fsp3) is 0.318. The fourth-order valence-corrected chi connectivity index (χ4v) is 3.77. The number of benzene rings is 1. The number of amides is 1. The maximum absolute atomic E-state index is 13.5. The first kappa shape index (κ1) is 20.6. The molecule has 4 rings (SSSR count). The minimum atomic E-state index is -0.363. The molecule has 0 radical (unpaired) electrons. The van der Waals surface area contributed by atoms with Crippen LogP contribution in [0.1, 0.15) is 47.8 Å². The molecule has 160 valence electrons. The summed E-state index contributed by atoms with van der Waals surface area (Å²) < 4.78 is 19.4. The average molecular weight is 422 g/mol. The Bertz CT molecular complexity index is 1160. The van der Waals surface area contributed by atoms with Crippen LogP contribution in [-0.4, -0.2) is 45.8 Å². The van der Waals surface area contributed by atoms with Gasteiger partial charge in [-0.25, -0.2) is 14.4 Å². The Morgan fingerprint density at radius 2 is 2.16 bits per heavy atom. The molecule has 0 saturated carbocycles. The Morgan fingerprint density at radius 3 is 2.97 bits per heavy atom. The van der Waals surface area contributed by atoms with Crippen LogP contribution in [0.5, 0.6) is 0 Å². The molecule has 1 aromatic carbocycles. The highest BCUT2D eigenvalue weighted by molar-refractivity contribution is 6.14. The number of nitrogens with zero attached hydrogens (tertiary/aromatic N) is 4. The highest BCUT2D eigenvalue weighted by Crippen LogP contribution is 2.33. The van der Waals surface area contributed by atoms with E-state index >= 15 is 0 Å². The van der Waals surface area contributed by atoms with Crippen molar-refractivity contribution in [3.63, 3.8) is 0 Å². The first-order valence-electron chi connectivity index (χ1n) is 10.1. The van der Waals surface area contributed by atoms with Gasteiger partial charge in [0.05, 0.1) is 17.8 Å². The zero-order valence-electron chi connectivity index (χ0n) is 17.3. The highest BCUT2D eigenvalue weighted by Gasteiger charge is 2.34. The van der Waals surface area contributed by atoms with Crippen LogP contribution >= 0.6 is 0 Å². The average Bonchev–Trinajstić information content (AvgIpc) is 3.18. The third-order valence-corrected chi connectivity index (χ3v) is 5.43. The van der Waals surface area contributed by atoms with Gasteiger partial charge in [-0.2, -0.15) is 5.10 Å². The van der Waals surface area contributed by atoms with Gasteiger partial charge < -0.3 is 14.7 Å². The van der Waals surface area contributed by atoms with Gasteiger partial charge in [0, 0.05) is 30.6 Å². The Balaban J connectivity index is 1.61. The van der Waals surface area contributed by atoms with Crippen LogP contribution < -0.4 is 5.43 Å². The third-order valence-electron chi connectivity index (χ3n) is 5.43. The normalized spacial score (nSPS) is 19.1. The zero-order chi connectivity index (χ0) is 22.0. The number of anilines is 1. The van der Waals surface area contributed by atoms with Crippen molar-refractivity contribution in [3.8, 4) is 0 Å². The van der Waals surface area contributed by atoms with E-state index in [4.69, 9.17) is 9.83 Å². The molecule has 9 heteroatoms. The van der Waals surface area contributed by atoms with E-state index in [1.165, 1.54) is 18.3 Å². The lowest BCUT2D eigenvalue weighted by Crippen LogP contribution is -2.45. The van der Waals surface area contributed by atoms with Crippen molar-refractivity contribution >= 4 is 35.1 Å². The second kappa shape index (κ2) is 8.63. The molecule has 1 aliphatic rings. The van der Waals surface area contributed by atoms with Gasteiger partial charge in [-0.15, -0.1) is 0 Å². The van der Waals surface area contributed by atoms with Crippen molar-refractivity contribution in [2.75, 3.05) is 12.0 Å². The van der Waals surface area contributed by atoms with E-state index in [0.29, 0.717) is 34.9 Å². The summed E-state index contributed by atoms with van der Waals surface area (Å²) in [6.45, 7) is 4.25. The van der Waals surface area contributed by atoms with E-state index < -0.39 is 0 Å². The standard InChI is InChI=1S/C22H23FN6O2/c1-13-3-7-17(28-25-10-9-24)20(26-13)22(30)29-12-15(5-4-14(29)2)21-27-18-11-16(23)6-8-19(18)31-21/h3,6-11,14-15,24,28H,4-5,12H2,1-2H3/b24-9?,25-10-/t14-,15-/m1/s1. The van der Waals surface area contributed by atoms with Gasteiger partial charge >= 0.3 is 0 Å². The molecule has 31 heavy (non-hydrogen) atoms. The molecule has 2 N–H and O–H groups in total. The first-order valence-corrected chi connectivity index (χ1v) is 10.1. The topological polar surface area (TPSA) is 107 Å². The Hall–Kier alpha value is -3.62. The summed E-state index contributed by atoms with van der Waals surface area (Å²) in [6.07, 6.45) is 3.92. The molecule has 0 unspecified atom stereocenters. The summed E-state index contributed by atoms with van der Waals surface area (Å²) in [7, 11) is 0. The maximum Gasteiger partial charge on any atom is 0.274 e.